The SMILES string of the molecule is COc1ccc2nc(-c3c(Cl)ccc(Cl)c3N)oc2c1. The zero-order valence-electron chi connectivity index (χ0n) is 10.5. The lowest BCUT2D eigenvalue weighted by atomic mass is 10.2. The largest absolute Gasteiger partial charge is 0.497 e. The maximum Gasteiger partial charge on any atom is 0.230 e. The minimum absolute atomic E-state index is 0.332. The van der Waals surface area contributed by atoms with Gasteiger partial charge in [-0.2, -0.15) is 0 Å². The fraction of sp³-hybridized carbons (Fsp3) is 0.0714. The summed E-state index contributed by atoms with van der Waals surface area (Å²) in [5.41, 5.74) is 8.08. The van der Waals surface area contributed by atoms with E-state index in [-0.39, 0.29) is 0 Å². The molecule has 0 spiro atoms. The van der Waals surface area contributed by atoms with E-state index in [9.17, 15) is 0 Å². The average molecular weight is 309 g/mol. The second kappa shape index (κ2) is 4.89. The Morgan fingerprint density at radius 3 is 2.65 bits per heavy atom. The molecule has 0 aliphatic carbocycles. The standard InChI is InChI=1S/C14H10Cl2N2O2/c1-19-7-2-5-10-11(6-7)20-14(18-10)12-8(15)3-4-9(16)13(12)17/h2-6H,17H2,1H3. The van der Waals surface area contributed by atoms with E-state index in [1.54, 1.807) is 37.4 Å². The molecule has 0 saturated carbocycles. The van der Waals surface area contributed by atoms with Gasteiger partial charge in [-0.3, -0.25) is 0 Å². The number of benzene rings is 2. The summed E-state index contributed by atoms with van der Waals surface area (Å²) in [4.78, 5) is 4.38. The van der Waals surface area contributed by atoms with Crippen LogP contribution in [0.4, 0.5) is 5.69 Å². The number of fused-ring (bicyclic) bond motifs is 1. The van der Waals surface area contributed by atoms with Crippen molar-refractivity contribution < 1.29 is 9.15 Å². The summed E-state index contributed by atoms with van der Waals surface area (Å²) in [6.45, 7) is 0. The highest BCUT2D eigenvalue weighted by atomic mass is 35.5. The highest BCUT2D eigenvalue weighted by Gasteiger charge is 2.17. The number of aromatic nitrogens is 1. The highest BCUT2D eigenvalue weighted by molar-refractivity contribution is 6.37. The van der Waals surface area contributed by atoms with E-state index < -0.39 is 0 Å². The first-order chi connectivity index (χ1) is 9.60. The molecule has 0 amide bonds. The normalized spacial score (nSPS) is 10.9. The van der Waals surface area contributed by atoms with Gasteiger partial charge >= 0.3 is 0 Å². The van der Waals surface area contributed by atoms with Crippen molar-refractivity contribution in [2.45, 2.75) is 0 Å². The van der Waals surface area contributed by atoms with Gasteiger partial charge in [0.25, 0.3) is 0 Å². The van der Waals surface area contributed by atoms with Gasteiger partial charge in [0, 0.05) is 6.07 Å². The molecular weight excluding hydrogens is 299 g/mol. The van der Waals surface area contributed by atoms with E-state index in [1.807, 2.05) is 0 Å². The van der Waals surface area contributed by atoms with E-state index in [4.69, 9.17) is 38.1 Å². The van der Waals surface area contributed by atoms with Gasteiger partial charge in [0.05, 0.1) is 28.4 Å². The van der Waals surface area contributed by atoms with E-state index in [2.05, 4.69) is 4.98 Å². The van der Waals surface area contributed by atoms with Crippen LogP contribution in [0.5, 0.6) is 5.75 Å². The van der Waals surface area contributed by atoms with Crippen molar-refractivity contribution in [3.8, 4) is 17.2 Å². The third kappa shape index (κ3) is 2.07. The summed E-state index contributed by atoms with van der Waals surface area (Å²) < 4.78 is 10.8. The molecule has 1 aromatic heterocycles. The first kappa shape index (κ1) is 13.1. The summed E-state index contributed by atoms with van der Waals surface area (Å²) >= 11 is 12.2. The van der Waals surface area contributed by atoms with Crippen molar-refractivity contribution in [2.24, 2.45) is 0 Å². The number of nitrogens with two attached hydrogens (primary N) is 1. The lowest BCUT2D eigenvalue weighted by Gasteiger charge is -2.05. The summed E-state index contributed by atoms with van der Waals surface area (Å²) in [6.07, 6.45) is 0. The Balaban J connectivity index is 2.22. The van der Waals surface area contributed by atoms with E-state index in [0.717, 1.165) is 0 Å². The van der Waals surface area contributed by atoms with Crippen LogP contribution in [0, 0.1) is 0 Å². The zero-order chi connectivity index (χ0) is 14.3. The highest BCUT2D eigenvalue weighted by Crippen LogP contribution is 2.38. The van der Waals surface area contributed by atoms with Gasteiger partial charge in [-0.1, -0.05) is 23.2 Å². The summed E-state index contributed by atoms with van der Waals surface area (Å²) in [6, 6.07) is 8.65. The third-order valence-corrected chi connectivity index (χ3v) is 3.60. The number of anilines is 1. The number of nitrogens with zero attached hydrogens (tertiary/aromatic N) is 1. The fourth-order valence-electron chi connectivity index (χ4n) is 1.92. The van der Waals surface area contributed by atoms with Gasteiger partial charge < -0.3 is 14.9 Å². The molecule has 3 aromatic rings. The molecule has 0 saturated heterocycles. The number of nitrogen functional groups attached to an aromatic ring is 1. The molecule has 0 aliphatic heterocycles. The minimum atomic E-state index is 0.332. The molecule has 0 aliphatic rings. The predicted octanol–water partition coefficient (Wildman–Crippen LogP) is 4.39. The molecule has 0 fully saturated rings. The minimum Gasteiger partial charge on any atom is -0.497 e. The van der Waals surface area contributed by atoms with E-state index in [1.165, 1.54) is 0 Å². The van der Waals surface area contributed by atoms with Crippen molar-refractivity contribution in [2.75, 3.05) is 12.8 Å². The maximum absolute atomic E-state index is 6.16. The number of methoxy groups -OCH3 is 1. The molecule has 20 heavy (non-hydrogen) atoms. The molecule has 3 rings (SSSR count). The number of oxazole rings is 1. The van der Waals surface area contributed by atoms with Crippen LogP contribution >= 0.6 is 23.2 Å². The van der Waals surface area contributed by atoms with Crippen molar-refractivity contribution in [3.05, 3.63) is 40.4 Å². The van der Waals surface area contributed by atoms with Crippen molar-refractivity contribution in [1.82, 2.24) is 4.98 Å². The molecule has 1 heterocycles. The number of hydrogen-bond acceptors (Lipinski definition) is 4. The van der Waals surface area contributed by atoms with Crippen LogP contribution in [0.3, 0.4) is 0 Å². The van der Waals surface area contributed by atoms with Gasteiger partial charge in [-0.25, -0.2) is 4.98 Å². The van der Waals surface area contributed by atoms with Gasteiger partial charge in [0.2, 0.25) is 5.89 Å². The molecule has 0 atom stereocenters. The zero-order valence-corrected chi connectivity index (χ0v) is 12.0. The van der Waals surface area contributed by atoms with Gasteiger partial charge in [-0.05, 0) is 24.3 Å². The van der Waals surface area contributed by atoms with Crippen LogP contribution in [0.1, 0.15) is 0 Å². The Morgan fingerprint density at radius 1 is 1.15 bits per heavy atom. The summed E-state index contributed by atoms with van der Waals surface area (Å²) in [5.74, 6) is 1.02. The van der Waals surface area contributed by atoms with Crippen LogP contribution in [-0.4, -0.2) is 12.1 Å². The molecule has 0 unspecified atom stereocenters. The first-order valence-electron chi connectivity index (χ1n) is 5.78. The molecule has 102 valence electrons. The molecule has 2 aromatic carbocycles. The van der Waals surface area contributed by atoms with Crippen LogP contribution in [0.15, 0.2) is 34.7 Å². The number of hydrogen-bond donors (Lipinski definition) is 1. The summed E-state index contributed by atoms with van der Waals surface area (Å²) in [5, 5.41) is 0.842. The van der Waals surface area contributed by atoms with Crippen LogP contribution in [0.25, 0.3) is 22.6 Å². The molecule has 2 N–H and O–H groups in total. The number of ether oxygens (including phenoxy) is 1. The molecule has 0 radical (unpaired) electrons. The van der Waals surface area contributed by atoms with Crippen molar-refractivity contribution in [3.63, 3.8) is 0 Å². The third-order valence-electron chi connectivity index (χ3n) is 2.95. The monoisotopic (exact) mass is 308 g/mol. The lowest BCUT2D eigenvalue weighted by Crippen LogP contribution is -1.92. The van der Waals surface area contributed by atoms with Crippen LogP contribution < -0.4 is 10.5 Å². The van der Waals surface area contributed by atoms with Gasteiger partial charge in [0.1, 0.15) is 11.3 Å². The Labute approximate surface area is 125 Å². The Morgan fingerprint density at radius 2 is 1.90 bits per heavy atom. The topological polar surface area (TPSA) is 61.3 Å². The summed E-state index contributed by atoms with van der Waals surface area (Å²) in [7, 11) is 1.59. The van der Waals surface area contributed by atoms with Gasteiger partial charge in [0.15, 0.2) is 5.58 Å². The van der Waals surface area contributed by atoms with Crippen molar-refractivity contribution in [1.29, 1.82) is 0 Å². The van der Waals surface area contributed by atoms with E-state index >= 15 is 0 Å². The Kier molecular flexibility index (Phi) is 3.20. The fourth-order valence-corrected chi connectivity index (χ4v) is 2.33. The lowest BCUT2D eigenvalue weighted by molar-refractivity contribution is 0.414. The number of rotatable bonds is 2. The Bertz CT molecular complexity index is 799. The Hall–Kier alpha value is -1.91. The molecular formula is C14H10Cl2N2O2. The smallest absolute Gasteiger partial charge is 0.230 e. The predicted molar refractivity (Wildman–Crippen MR) is 80.4 cm³/mol. The first-order valence-corrected chi connectivity index (χ1v) is 6.54. The van der Waals surface area contributed by atoms with Crippen LogP contribution in [-0.2, 0) is 0 Å². The average Bonchev–Trinajstić information content (AvgIpc) is 2.85. The van der Waals surface area contributed by atoms with Crippen molar-refractivity contribution >= 4 is 40.0 Å². The van der Waals surface area contributed by atoms with Crippen LogP contribution in [0.2, 0.25) is 10.0 Å². The molecule has 4 nitrogen and oxygen atoms in total. The molecule has 6 heteroatoms. The van der Waals surface area contributed by atoms with E-state index in [0.29, 0.717) is 44.0 Å². The molecule has 0 bridgehead atoms. The van der Waals surface area contributed by atoms with Gasteiger partial charge in [-0.15, -0.1) is 0 Å². The second-order valence-corrected chi connectivity index (χ2v) is 4.98. The quantitative estimate of drug-likeness (QED) is 0.713. The second-order valence-electron chi connectivity index (χ2n) is 4.17. The maximum atomic E-state index is 6.16. The number of halogens is 2.